The standard InChI is InChI=1S/C26H31BrN4O2/c1-5-6-15-30(25(33)19-11-10-12-20(27)16-19)18-24(32)28-23-17-22(26(2,3)4)29-31(23)21-13-8-7-9-14-21/h7-14,16-17H,5-6,15,18H2,1-4H3,(H,28,32). The van der Waals surface area contributed by atoms with Crippen molar-refractivity contribution in [1.82, 2.24) is 14.7 Å². The van der Waals surface area contributed by atoms with E-state index in [4.69, 9.17) is 5.10 Å². The molecule has 3 aromatic rings. The van der Waals surface area contributed by atoms with Crippen molar-refractivity contribution in [1.29, 1.82) is 0 Å². The van der Waals surface area contributed by atoms with Gasteiger partial charge in [0.15, 0.2) is 0 Å². The molecule has 33 heavy (non-hydrogen) atoms. The number of para-hydroxylation sites is 1. The zero-order valence-electron chi connectivity index (χ0n) is 19.6. The first-order valence-electron chi connectivity index (χ1n) is 11.2. The summed E-state index contributed by atoms with van der Waals surface area (Å²) in [7, 11) is 0. The van der Waals surface area contributed by atoms with Gasteiger partial charge in [0, 0.05) is 28.1 Å². The first-order valence-corrected chi connectivity index (χ1v) is 12.0. The quantitative estimate of drug-likeness (QED) is 0.415. The van der Waals surface area contributed by atoms with Crippen LogP contribution in [0, 0.1) is 0 Å². The molecule has 2 aromatic carbocycles. The lowest BCUT2D eigenvalue weighted by atomic mass is 9.92. The van der Waals surface area contributed by atoms with Crippen molar-refractivity contribution in [2.24, 2.45) is 0 Å². The topological polar surface area (TPSA) is 67.2 Å². The van der Waals surface area contributed by atoms with Crippen molar-refractivity contribution in [3.05, 3.63) is 76.4 Å². The Morgan fingerprint density at radius 1 is 1.06 bits per heavy atom. The summed E-state index contributed by atoms with van der Waals surface area (Å²) in [5.74, 6) is 0.167. The zero-order chi connectivity index (χ0) is 24.0. The minimum atomic E-state index is -0.257. The molecular weight excluding hydrogens is 480 g/mol. The highest BCUT2D eigenvalue weighted by Gasteiger charge is 2.23. The molecule has 0 spiro atoms. The molecule has 0 atom stereocenters. The maximum atomic E-state index is 13.1. The molecule has 0 unspecified atom stereocenters. The summed E-state index contributed by atoms with van der Waals surface area (Å²) >= 11 is 3.42. The fourth-order valence-corrected chi connectivity index (χ4v) is 3.76. The smallest absolute Gasteiger partial charge is 0.254 e. The number of hydrogen-bond acceptors (Lipinski definition) is 3. The third-order valence-corrected chi connectivity index (χ3v) is 5.71. The summed E-state index contributed by atoms with van der Waals surface area (Å²) in [6.07, 6.45) is 1.75. The van der Waals surface area contributed by atoms with Gasteiger partial charge in [-0.3, -0.25) is 9.59 Å². The highest BCUT2D eigenvalue weighted by atomic mass is 79.9. The average Bonchev–Trinajstić information content (AvgIpc) is 3.21. The van der Waals surface area contributed by atoms with Crippen molar-refractivity contribution in [3.63, 3.8) is 0 Å². The minimum Gasteiger partial charge on any atom is -0.329 e. The number of nitrogens with one attached hydrogen (secondary N) is 1. The fraction of sp³-hybridized carbons (Fsp3) is 0.346. The SMILES string of the molecule is CCCCN(CC(=O)Nc1cc(C(C)(C)C)nn1-c1ccccc1)C(=O)c1cccc(Br)c1. The molecule has 174 valence electrons. The van der Waals surface area contributed by atoms with Gasteiger partial charge in [0.1, 0.15) is 12.4 Å². The molecule has 0 aliphatic carbocycles. The molecule has 1 aromatic heterocycles. The summed E-state index contributed by atoms with van der Waals surface area (Å²) < 4.78 is 2.57. The lowest BCUT2D eigenvalue weighted by Crippen LogP contribution is -2.39. The summed E-state index contributed by atoms with van der Waals surface area (Å²) in [5, 5.41) is 7.73. The number of unbranched alkanes of at least 4 members (excludes halogenated alkanes) is 1. The molecule has 7 heteroatoms. The second kappa shape index (κ2) is 10.8. The van der Waals surface area contributed by atoms with Gasteiger partial charge in [-0.05, 0) is 36.8 Å². The highest BCUT2D eigenvalue weighted by Crippen LogP contribution is 2.26. The van der Waals surface area contributed by atoms with Crippen molar-refractivity contribution in [2.75, 3.05) is 18.4 Å². The molecule has 0 radical (unpaired) electrons. The molecule has 1 N–H and O–H groups in total. The molecule has 0 fully saturated rings. The van der Waals surface area contributed by atoms with Gasteiger partial charge in [0.05, 0.1) is 11.4 Å². The van der Waals surface area contributed by atoms with Crippen LogP contribution in [0.5, 0.6) is 0 Å². The van der Waals surface area contributed by atoms with E-state index in [0.29, 0.717) is 17.9 Å². The molecule has 0 aliphatic rings. The highest BCUT2D eigenvalue weighted by molar-refractivity contribution is 9.10. The van der Waals surface area contributed by atoms with E-state index in [0.717, 1.165) is 28.7 Å². The molecule has 6 nitrogen and oxygen atoms in total. The second-order valence-corrected chi connectivity index (χ2v) is 9.97. The van der Waals surface area contributed by atoms with Crippen LogP contribution < -0.4 is 5.32 Å². The number of carbonyl (C=O) groups is 2. The second-order valence-electron chi connectivity index (χ2n) is 9.05. The first kappa shape index (κ1) is 24.7. The predicted molar refractivity (Wildman–Crippen MR) is 136 cm³/mol. The van der Waals surface area contributed by atoms with Gasteiger partial charge in [-0.15, -0.1) is 0 Å². The van der Waals surface area contributed by atoms with Crippen LogP contribution in [0.4, 0.5) is 5.82 Å². The Bertz CT molecular complexity index is 1100. The van der Waals surface area contributed by atoms with Crippen molar-refractivity contribution >= 4 is 33.6 Å². The fourth-order valence-electron chi connectivity index (χ4n) is 3.36. The van der Waals surface area contributed by atoms with Crippen LogP contribution in [0.2, 0.25) is 0 Å². The van der Waals surface area contributed by atoms with Crippen LogP contribution in [0.1, 0.15) is 56.6 Å². The molecule has 3 rings (SSSR count). The number of amides is 2. The van der Waals surface area contributed by atoms with E-state index >= 15 is 0 Å². The molecule has 0 bridgehead atoms. The third-order valence-electron chi connectivity index (χ3n) is 5.22. The Hall–Kier alpha value is -2.93. The Balaban J connectivity index is 1.84. The number of nitrogens with zero attached hydrogens (tertiary/aromatic N) is 3. The normalized spacial score (nSPS) is 11.3. The molecule has 0 saturated heterocycles. The Morgan fingerprint density at radius 3 is 2.42 bits per heavy atom. The summed E-state index contributed by atoms with van der Waals surface area (Å²) in [6, 6.07) is 18.8. The van der Waals surface area contributed by atoms with Gasteiger partial charge in [-0.25, -0.2) is 4.68 Å². The summed E-state index contributed by atoms with van der Waals surface area (Å²) in [6.45, 7) is 8.79. The van der Waals surface area contributed by atoms with E-state index in [1.807, 2.05) is 48.5 Å². The predicted octanol–water partition coefficient (Wildman–Crippen LogP) is 5.81. The Labute approximate surface area is 204 Å². The molecular formula is C26H31BrN4O2. The maximum Gasteiger partial charge on any atom is 0.254 e. The van der Waals surface area contributed by atoms with Crippen molar-refractivity contribution in [3.8, 4) is 5.69 Å². The number of hydrogen-bond donors (Lipinski definition) is 1. The number of carbonyl (C=O) groups excluding carboxylic acids is 2. The van der Waals surface area contributed by atoms with Crippen molar-refractivity contribution in [2.45, 2.75) is 46.0 Å². The lowest BCUT2D eigenvalue weighted by molar-refractivity contribution is -0.116. The summed E-state index contributed by atoms with van der Waals surface area (Å²) in [5.41, 5.74) is 2.10. The average molecular weight is 511 g/mol. The number of aromatic nitrogens is 2. The Morgan fingerprint density at radius 2 is 1.79 bits per heavy atom. The van der Waals surface area contributed by atoms with E-state index in [-0.39, 0.29) is 23.8 Å². The maximum absolute atomic E-state index is 13.1. The van der Waals surface area contributed by atoms with Crippen molar-refractivity contribution < 1.29 is 9.59 Å². The first-order chi connectivity index (χ1) is 15.7. The van der Waals surface area contributed by atoms with Crippen LogP contribution in [0.3, 0.4) is 0 Å². The van der Waals surface area contributed by atoms with Gasteiger partial charge < -0.3 is 10.2 Å². The Kier molecular flexibility index (Phi) is 8.08. The molecule has 0 aliphatic heterocycles. The van der Waals surface area contributed by atoms with Crippen LogP contribution in [-0.2, 0) is 10.2 Å². The van der Waals surface area contributed by atoms with Gasteiger partial charge in [0.2, 0.25) is 5.91 Å². The minimum absolute atomic E-state index is 0.0316. The van der Waals surface area contributed by atoms with E-state index in [2.05, 4.69) is 48.9 Å². The van der Waals surface area contributed by atoms with Crippen LogP contribution >= 0.6 is 15.9 Å². The van der Waals surface area contributed by atoms with Crippen LogP contribution in [-0.4, -0.2) is 39.6 Å². The van der Waals surface area contributed by atoms with Gasteiger partial charge in [0.25, 0.3) is 5.91 Å². The monoisotopic (exact) mass is 510 g/mol. The number of anilines is 1. The van der Waals surface area contributed by atoms with Crippen LogP contribution in [0.15, 0.2) is 65.1 Å². The largest absolute Gasteiger partial charge is 0.329 e. The molecule has 1 heterocycles. The van der Waals surface area contributed by atoms with E-state index < -0.39 is 0 Å². The zero-order valence-corrected chi connectivity index (χ0v) is 21.2. The molecule has 2 amide bonds. The number of benzene rings is 2. The van der Waals surface area contributed by atoms with E-state index in [9.17, 15) is 9.59 Å². The van der Waals surface area contributed by atoms with E-state index in [1.54, 1.807) is 21.7 Å². The summed E-state index contributed by atoms with van der Waals surface area (Å²) in [4.78, 5) is 27.8. The lowest BCUT2D eigenvalue weighted by Gasteiger charge is -2.22. The molecule has 0 saturated carbocycles. The number of halogens is 1. The van der Waals surface area contributed by atoms with E-state index in [1.165, 1.54) is 0 Å². The number of rotatable bonds is 8. The third kappa shape index (κ3) is 6.54. The van der Waals surface area contributed by atoms with Crippen LogP contribution in [0.25, 0.3) is 5.69 Å². The van der Waals surface area contributed by atoms with Gasteiger partial charge in [-0.2, -0.15) is 5.10 Å². The van der Waals surface area contributed by atoms with Gasteiger partial charge in [-0.1, -0.05) is 74.3 Å². The van der Waals surface area contributed by atoms with Gasteiger partial charge >= 0.3 is 0 Å².